The normalized spacial score (nSPS) is 12.2. The number of aryl methyl sites for hydroxylation is 1. The third kappa shape index (κ3) is 3.26. The Labute approximate surface area is 142 Å². The second-order valence-electron chi connectivity index (χ2n) is 5.77. The Hall–Kier alpha value is -3.09. The van der Waals surface area contributed by atoms with Crippen LogP contribution in [0, 0.1) is 18.6 Å². The maximum atomic E-state index is 13.8. The van der Waals surface area contributed by atoms with E-state index in [1.165, 1.54) is 16.7 Å². The van der Waals surface area contributed by atoms with Crippen LogP contribution in [0.5, 0.6) is 0 Å². The Morgan fingerprint density at radius 1 is 1.24 bits per heavy atom. The molecule has 128 valence electrons. The zero-order valence-electron chi connectivity index (χ0n) is 13.6. The van der Waals surface area contributed by atoms with Gasteiger partial charge in [0.05, 0.1) is 6.04 Å². The van der Waals surface area contributed by atoms with Crippen molar-refractivity contribution in [3.63, 3.8) is 0 Å². The fourth-order valence-electron chi connectivity index (χ4n) is 2.54. The van der Waals surface area contributed by atoms with Crippen LogP contribution in [0.3, 0.4) is 0 Å². The standard InChI is InChI=1S/C18H15F2N3O2/c1-10-5-6-23-16(7-10)21-9-14(18(23)25)17(24)22-11(2)13-4-3-12(19)8-15(13)20/h3-9,11H,1-2H3,(H,22,24)/t11-/m1/s1. The SMILES string of the molecule is Cc1ccn2c(=O)c(C(=O)N[C@H](C)c3ccc(F)cc3F)cnc2c1. The van der Waals surface area contributed by atoms with Gasteiger partial charge in [-0.3, -0.25) is 14.0 Å². The number of halogens is 2. The van der Waals surface area contributed by atoms with Crippen molar-refractivity contribution in [2.45, 2.75) is 19.9 Å². The minimum Gasteiger partial charge on any atom is -0.345 e. The summed E-state index contributed by atoms with van der Waals surface area (Å²) in [5, 5.41) is 2.53. The van der Waals surface area contributed by atoms with E-state index in [4.69, 9.17) is 0 Å². The number of carbonyl (C=O) groups is 1. The monoisotopic (exact) mass is 343 g/mol. The second kappa shape index (κ2) is 6.43. The molecular weight excluding hydrogens is 328 g/mol. The summed E-state index contributed by atoms with van der Waals surface area (Å²) in [6, 6.07) is 5.81. The van der Waals surface area contributed by atoms with Crippen LogP contribution >= 0.6 is 0 Å². The van der Waals surface area contributed by atoms with Crippen molar-refractivity contribution in [2.75, 3.05) is 0 Å². The van der Waals surface area contributed by atoms with E-state index in [1.807, 2.05) is 6.92 Å². The maximum Gasteiger partial charge on any atom is 0.270 e. The van der Waals surface area contributed by atoms with Crippen LogP contribution in [0.2, 0.25) is 0 Å². The Bertz CT molecular complexity index is 1030. The van der Waals surface area contributed by atoms with Crippen molar-refractivity contribution >= 4 is 11.6 Å². The molecule has 5 nitrogen and oxygen atoms in total. The fourth-order valence-corrected chi connectivity index (χ4v) is 2.54. The lowest BCUT2D eigenvalue weighted by atomic mass is 10.1. The Morgan fingerprint density at radius 2 is 2.00 bits per heavy atom. The van der Waals surface area contributed by atoms with Gasteiger partial charge in [-0.2, -0.15) is 0 Å². The zero-order chi connectivity index (χ0) is 18.1. The average Bonchev–Trinajstić information content (AvgIpc) is 2.54. The fraction of sp³-hybridized carbons (Fsp3) is 0.167. The predicted octanol–water partition coefficient (Wildman–Crippen LogP) is 2.77. The van der Waals surface area contributed by atoms with Crippen molar-refractivity contribution in [2.24, 2.45) is 0 Å². The molecule has 0 aliphatic rings. The summed E-state index contributed by atoms with van der Waals surface area (Å²) < 4.78 is 28.1. The maximum absolute atomic E-state index is 13.8. The molecule has 2 aromatic heterocycles. The van der Waals surface area contributed by atoms with E-state index in [1.54, 1.807) is 25.3 Å². The van der Waals surface area contributed by atoms with Crippen LogP contribution < -0.4 is 10.9 Å². The highest BCUT2D eigenvalue weighted by atomic mass is 19.1. The number of fused-ring (bicyclic) bond motifs is 1. The van der Waals surface area contributed by atoms with Gasteiger partial charge >= 0.3 is 0 Å². The molecular formula is C18H15F2N3O2. The van der Waals surface area contributed by atoms with Crippen molar-refractivity contribution in [1.29, 1.82) is 0 Å². The molecule has 1 atom stereocenters. The molecule has 3 rings (SSSR count). The summed E-state index contributed by atoms with van der Waals surface area (Å²) in [7, 11) is 0. The lowest BCUT2D eigenvalue weighted by Gasteiger charge is -2.15. The number of benzene rings is 1. The molecule has 0 radical (unpaired) electrons. The van der Waals surface area contributed by atoms with Crippen molar-refractivity contribution < 1.29 is 13.6 Å². The quantitative estimate of drug-likeness (QED) is 0.795. The van der Waals surface area contributed by atoms with Gasteiger partial charge in [-0.25, -0.2) is 13.8 Å². The smallest absolute Gasteiger partial charge is 0.270 e. The second-order valence-corrected chi connectivity index (χ2v) is 5.77. The van der Waals surface area contributed by atoms with Crippen LogP contribution in [0.4, 0.5) is 8.78 Å². The average molecular weight is 343 g/mol. The van der Waals surface area contributed by atoms with Gasteiger partial charge in [0.2, 0.25) is 0 Å². The Balaban J connectivity index is 1.90. The van der Waals surface area contributed by atoms with E-state index in [9.17, 15) is 18.4 Å². The van der Waals surface area contributed by atoms with Crippen LogP contribution in [0.1, 0.15) is 34.5 Å². The molecule has 0 unspecified atom stereocenters. The predicted molar refractivity (Wildman–Crippen MR) is 88.4 cm³/mol. The summed E-state index contributed by atoms with van der Waals surface area (Å²) in [4.78, 5) is 28.9. The summed E-state index contributed by atoms with van der Waals surface area (Å²) in [5.41, 5.74) is 0.813. The summed E-state index contributed by atoms with van der Waals surface area (Å²) in [5.74, 6) is -2.15. The number of rotatable bonds is 3. The van der Waals surface area contributed by atoms with Gasteiger partial charge in [0.25, 0.3) is 11.5 Å². The highest BCUT2D eigenvalue weighted by Crippen LogP contribution is 2.18. The topological polar surface area (TPSA) is 63.5 Å². The Kier molecular flexibility index (Phi) is 4.31. The zero-order valence-corrected chi connectivity index (χ0v) is 13.6. The molecule has 0 aliphatic carbocycles. The van der Waals surface area contributed by atoms with Crippen LogP contribution in [-0.2, 0) is 0 Å². The third-order valence-corrected chi connectivity index (χ3v) is 3.89. The van der Waals surface area contributed by atoms with E-state index in [2.05, 4.69) is 10.3 Å². The molecule has 1 amide bonds. The molecule has 25 heavy (non-hydrogen) atoms. The summed E-state index contributed by atoms with van der Waals surface area (Å²) >= 11 is 0. The number of hydrogen-bond donors (Lipinski definition) is 1. The molecule has 2 heterocycles. The van der Waals surface area contributed by atoms with Gasteiger partial charge in [0.15, 0.2) is 0 Å². The van der Waals surface area contributed by atoms with Crippen molar-refractivity contribution in [1.82, 2.24) is 14.7 Å². The van der Waals surface area contributed by atoms with E-state index >= 15 is 0 Å². The molecule has 0 fully saturated rings. The van der Waals surface area contributed by atoms with Crippen molar-refractivity contribution in [3.05, 3.63) is 81.4 Å². The van der Waals surface area contributed by atoms with Crippen LogP contribution in [0.25, 0.3) is 5.65 Å². The number of aromatic nitrogens is 2. The highest BCUT2D eigenvalue weighted by molar-refractivity contribution is 5.94. The molecule has 0 aliphatic heterocycles. The third-order valence-electron chi connectivity index (χ3n) is 3.89. The van der Waals surface area contributed by atoms with Crippen LogP contribution in [-0.4, -0.2) is 15.3 Å². The number of pyridine rings is 1. The van der Waals surface area contributed by atoms with Gasteiger partial charge in [0.1, 0.15) is 22.8 Å². The first-order chi connectivity index (χ1) is 11.9. The van der Waals surface area contributed by atoms with Gasteiger partial charge < -0.3 is 5.32 Å². The molecule has 0 saturated carbocycles. The van der Waals surface area contributed by atoms with Crippen molar-refractivity contribution in [3.8, 4) is 0 Å². The first-order valence-electron chi connectivity index (χ1n) is 7.60. The minimum atomic E-state index is -0.767. The Morgan fingerprint density at radius 3 is 2.72 bits per heavy atom. The highest BCUT2D eigenvalue weighted by Gasteiger charge is 2.18. The minimum absolute atomic E-state index is 0.124. The number of amides is 1. The molecule has 0 bridgehead atoms. The first-order valence-corrected chi connectivity index (χ1v) is 7.60. The largest absolute Gasteiger partial charge is 0.345 e. The number of nitrogens with zero attached hydrogens (tertiary/aromatic N) is 2. The number of nitrogens with one attached hydrogen (secondary N) is 1. The molecule has 7 heteroatoms. The lowest BCUT2D eigenvalue weighted by molar-refractivity contribution is 0.0937. The molecule has 0 saturated heterocycles. The summed E-state index contributed by atoms with van der Waals surface area (Å²) in [6.45, 7) is 3.41. The van der Waals surface area contributed by atoms with Gasteiger partial charge in [-0.15, -0.1) is 0 Å². The molecule has 0 spiro atoms. The summed E-state index contributed by atoms with van der Waals surface area (Å²) in [6.07, 6.45) is 2.74. The van der Waals surface area contributed by atoms with Gasteiger partial charge in [-0.1, -0.05) is 6.07 Å². The number of carbonyl (C=O) groups excluding carboxylic acids is 1. The number of hydrogen-bond acceptors (Lipinski definition) is 3. The van der Waals surface area contributed by atoms with E-state index < -0.39 is 29.1 Å². The lowest BCUT2D eigenvalue weighted by Crippen LogP contribution is -2.33. The first kappa shape index (κ1) is 16.8. The van der Waals surface area contributed by atoms with Gasteiger partial charge in [-0.05, 0) is 37.6 Å². The van der Waals surface area contributed by atoms with Crippen LogP contribution in [0.15, 0.2) is 47.5 Å². The molecule has 3 aromatic rings. The molecule has 1 aromatic carbocycles. The van der Waals surface area contributed by atoms with Gasteiger partial charge in [0, 0.05) is 24.0 Å². The molecule has 1 N–H and O–H groups in total. The van der Waals surface area contributed by atoms with E-state index in [0.717, 1.165) is 17.7 Å². The van der Waals surface area contributed by atoms with E-state index in [0.29, 0.717) is 5.65 Å². The van der Waals surface area contributed by atoms with E-state index in [-0.39, 0.29) is 11.1 Å².